The minimum Gasteiger partial charge on any atom is -0.439 e. The fraction of sp³-hybridized carbons (Fsp3) is 0.111. The Labute approximate surface area is 165 Å². The number of rotatable bonds is 5. The molecule has 0 atom stereocenters. The van der Waals surface area contributed by atoms with E-state index in [9.17, 15) is 22.0 Å². The lowest BCUT2D eigenvalue weighted by Gasteiger charge is -2.11. The second kappa shape index (κ2) is 8.32. The van der Waals surface area contributed by atoms with E-state index >= 15 is 0 Å². The number of hydrogen-bond donors (Lipinski definition) is 0. The minimum atomic E-state index is -4.72. The lowest BCUT2D eigenvalue weighted by atomic mass is 10.2. The standard InChI is InChI=1S/C18H10ClF5N2OS/c19-11-2-1-3-12(7-11)27-16-8-15(18(22,23)24)25-17(26-16)28-9-10-4-5-13(20)14(21)6-10/h1-8H,9H2. The number of hydrogen-bond acceptors (Lipinski definition) is 4. The van der Waals surface area contributed by atoms with Gasteiger partial charge in [-0.3, -0.25) is 0 Å². The van der Waals surface area contributed by atoms with Crippen molar-refractivity contribution in [2.24, 2.45) is 0 Å². The van der Waals surface area contributed by atoms with E-state index in [1.807, 2.05) is 0 Å². The highest BCUT2D eigenvalue weighted by Crippen LogP contribution is 2.33. The van der Waals surface area contributed by atoms with Crippen LogP contribution in [0.2, 0.25) is 5.02 Å². The van der Waals surface area contributed by atoms with Crippen LogP contribution in [-0.2, 0) is 11.9 Å². The van der Waals surface area contributed by atoms with E-state index in [4.69, 9.17) is 16.3 Å². The van der Waals surface area contributed by atoms with Gasteiger partial charge >= 0.3 is 6.18 Å². The van der Waals surface area contributed by atoms with Crippen LogP contribution in [0.1, 0.15) is 11.3 Å². The summed E-state index contributed by atoms with van der Waals surface area (Å²) in [6.45, 7) is 0. The normalized spacial score (nSPS) is 11.5. The molecule has 0 aliphatic carbocycles. The van der Waals surface area contributed by atoms with Gasteiger partial charge in [-0.25, -0.2) is 13.8 Å². The van der Waals surface area contributed by atoms with Gasteiger partial charge in [0.05, 0.1) is 0 Å². The van der Waals surface area contributed by atoms with Gasteiger partial charge in [-0.2, -0.15) is 18.2 Å². The molecule has 0 aliphatic rings. The molecule has 0 fully saturated rings. The Kier molecular flexibility index (Phi) is 6.04. The zero-order valence-corrected chi connectivity index (χ0v) is 15.4. The van der Waals surface area contributed by atoms with E-state index < -0.39 is 23.5 Å². The molecule has 0 unspecified atom stereocenters. The number of aromatic nitrogens is 2. The quantitative estimate of drug-likeness (QED) is 0.261. The van der Waals surface area contributed by atoms with Gasteiger partial charge in [0.1, 0.15) is 5.75 Å². The second-order valence-corrected chi connectivity index (χ2v) is 6.85. The molecule has 0 saturated carbocycles. The summed E-state index contributed by atoms with van der Waals surface area (Å²) >= 11 is 6.66. The number of halogens is 6. The van der Waals surface area contributed by atoms with Gasteiger partial charge < -0.3 is 4.74 Å². The molecule has 0 saturated heterocycles. The Morgan fingerprint density at radius 1 is 0.964 bits per heavy atom. The highest BCUT2D eigenvalue weighted by atomic mass is 35.5. The van der Waals surface area contributed by atoms with Crippen molar-refractivity contribution in [2.75, 3.05) is 0 Å². The van der Waals surface area contributed by atoms with Crippen molar-refractivity contribution in [1.82, 2.24) is 9.97 Å². The molecular formula is C18H10ClF5N2OS. The Balaban J connectivity index is 1.85. The fourth-order valence-electron chi connectivity index (χ4n) is 2.09. The molecule has 0 amide bonds. The molecule has 146 valence electrons. The van der Waals surface area contributed by atoms with Crippen LogP contribution in [0.4, 0.5) is 22.0 Å². The van der Waals surface area contributed by atoms with Crippen LogP contribution in [-0.4, -0.2) is 9.97 Å². The minimum absolute atomic E-state index is 0.0368. The Morgan fingerprint density at radius 3 is 2.43 bits per heavy atom. The van der Waals surface area contributed by atoms with Crippen molar-refractivity contribution in [3.63, 3.8) is 0 Å². The smallest absolute Gasteiger partial charge is 0.433 e. The summed E-state index contributed by atoms with van der Waals surface area (Å²) in [5.74, 6) is -2.14. The van der Waals surface area contributed by atoms with Gasteiger partial charge in [0, 0.05) is 16.8 Å². The summed E-state index contributed by atoms with van der Waals surface area (Å²) in [5, 5.41) is 0.118. The first-order valence-electron chi connectivity index (χ1n) is 7.67. The Hall–Kier alpha value is -2.39. The van der Waals surface area contributed by atoms with Crippen LogP contribution in [0, 0.1) is 11.6 Å². The van der Waals surface area contributed by atoms with Gasteiger partial charge in [0.15, 0.2) is 22.5 Å². The van der Waals surface area contributed by atoms with Gasteiger partial charge in [-0.15, -0.1) is 0 Å². The van der Waals surface area contributed by atoms with Crippen LogP contribution in [0.3, 0.4) is 0 Å². The predicted octanol–water partition coefficient (Wildman–Crippen LogP) is 6.51. The van der Waals surface area contributed by atoms with E-state index in [-0.39, 0.29) is 22.5 Å². The number of alkyl halides is 3. The summed E-state index contributed by atoms with van der Waals surface area (Å²) in [7, 11) is 0. The van der Waals surface area contributed by atoms with Crippen LogP contribution in [0.25, 0.3) is 0 Å². The van der Waals surface area contributed by atoms with Crippen molar-refractivity contribution in [3.8, 4) is 11.6 Å². The molecule has 3 rings (SSSR count). The molecule has 0 spiro atoms. The first-order chi connectivity index (χ1) is 13.2. The molecular weight excluding hydrogens is 423 g/mol. The van der Waals surface area contributed by atoms with E-state index in [1.54, 1.807) is 12.1 Å². The summed E-state index contributed by atoms with van der Waals surface area (Å²) in [6.07, 6.45) is -4.72. The van der Waals surface area contributed by atoms with Crippen LogP contribution < -0.4 is 4.74 Å². The van der Waals surface area contributed by atoms with Gasteiger partial charge in [-0.1, -0.05) is 35.5 Å². The number of ether oxygens (including phenoxy) is 1. The Morgan fingerprint density at radius 2 is 1.75 bits per heavy atom. The van der Waals surface area contributed by atoms with Crippen LogP contribution in [0.15, 0.2) is 53.7 Å². The predicted molar refractivity (Wildman–Crippen MR) is 94.5 cm³/mol. The third-order valence-electron chi connectivity index (χ3n) is 3.34. The number of benzene rings is 2. The molecule has 2 aromatic carbocycles. The molecule has 0 radical (unpaired) electrons. The summed E-state index contributed by atoms with van der Waals surface area (Å²) in [6, 6.07) is 9.97. The van der Waals surface area contributed by atoms with E-state index in [2.05, 4.69) is 9.97 Å². The molecule has 10 heteroatoms. The Bertz CT molecular complexity index is 1000. The SMILES string of the molecule is Fc1ccc(CSc2nc(Oc3cccc(Cl)c3)cc(C(F)(F)F)n2)cc1F. The molecule has 1 heterocycles. The van der Waals surface area contributed by atoms with Crippen molar-refractivity contribution in [2.45, 2.75) is 17.1 Å². The van der Waals surface area contributed by atoms with E-state index in [1.165, 1.54) is 18.2 Å². The van der Waals surface area contributed by atoms with Gasteiger partial charge in [0.25, 0.3) is 0 Å². The molecule has 3 nitrogen and oxygen atoms in total. The van der Waals surface area contributed by atoms with Crippen LogP contribution in [0.5, 0.6) is 11.6 Å². The molecule has 0 N–H and O–H groups in total. The second-order valence-electron chi connectivity index (χ2n) is 5.47. The lowest BCUT2D eigenvalue weighted by Crippen LogP contribution is -2.10. The van der Waals surface area contributed by atoms with E-state index in [0.29, 0.717) is 16.7 Å². The number of nitrogens with zero attached hydrogens (tertiary/aromatic N) is 2. The molecule has 0 aliphatic heterocycles. The number of thioether (sulfide) groups is 1. The molecule has 3 aromatic rings. The highest BCUT2D eigenvalue weighted by molar-refractivity contribution is 7.98. The third-order valence-corrected chi connectivity index (χ3v) is 4.50. The maximum atomic E-state index is 13.3. The summed E-state index contributed by atoms with van der Waals surface area (Å²) in [4.78, 5) is 7.42. The summed E-state index contributed by atoms with van der Waals surface area (Å²) < 4.78 is 71.0. The summed E-state index contributed by atoms with van der Waals surface area (Å²) in [5.41, 5.74) is -0.825. The van der Waals surface area contributed by atoms with Crippen molar-refractivity contribution in [1.29, 1.82) is 0 Å². The van der Waals surface area contributed by atoms with Crippen molar-refractivity contribution < 1.29 is 26.7 Å². The monoisotopic (exact) mass is 432 g/mol. The first kappa shape index (κ1) is 20.3. The topological polar surface area (TPSA) is 35.0 Å². The maximum absolute atomic E-state index is 13.3. The third kappa shape index (κ3) is 5.32. The van der Waals surface area contributed by atoms with Crippen LogP contribution >= 0.6 is 23.4 Å². The highest BCUT2D eigenvalue weighted by Gasteiger charge is 2.34. The largest absolute Gasteiger partial charge is 0.439 e. The maximum Gasteiger partial charge on any atom is 0.433 e. The van der Waals surface area contributed by atoms with Crippen molar-refractivity contribution >= 4 is 23.4 Å². The fourth-order valence-corrected chi connectivity index (χ4v) is 3.07. The zero-order chi connectivity index (χ0) is 20.3. The van der Waals surface area contributed by atoms with Gasteiger partial charge in [0.2, 0.25) is 5.88 Å². The average molecular weight is 433 g/mol. The van der Waals surface area contributed by atoms with E-state index in [0.717, 1.165) is 23.9 Å². The lowest BCUT2D eigenvalue weighted by molar-refractivity contribution is -0.141. The van der Waals surface area contributed by atoms with Crippen molar-refractivity contribution in [3.05, 3.63) is 76.4 Å². The molecule has 0 bridgehead atoms. The zero-order valence-electron chi connectivity index (χ0n) is 13.8. The first-order valence-corrected chi connectivity index (χ1v) is 9.03. The molecule has 1 aromatic heterocycles. The molecule has 28 heavy (non-hydrogen) atoms. The average Bonchev–Trinajstić information content (AvgIpc) is 2.62. The van der Waals surface area contributed by atoms with Gasteiger partial charge in [-0.05, 0) is 35.9 Å².